The summed E-state index contributed by atoms with van der Waals surface area (Å²) in [5.74, 6) is -1.24. The molecule has 3 N–H and O–H groups in total. The summed E-state index contributed by atoms with van der Waals surface area (Å²) >= 11 is 0. The number of benzene rings is 1. The van der Waals surface area contributed by atoms with Gasteiger partial charge in [-0.1, -0.05) is 45.6 Å². The van der Waals surface area contributed by atoms with E-state index in [1.54, 1.807) is 53.7 Å². The number of phenols is 1. The van der Waals surface area contributed by atoms with Crippen LogP contribution in [-0.4, -0.2) is 45.6 Å². The van der Waals surface area contributed by atoms with E-state index in [0.717, 1.165) is 37.0 Å². The average molecular weight is 486 g/mol. The van der Waals surface area contributed by atoms with Gasteiger partial charge >= 0.3 is 6.09 Å². The van der Waals surface area contributed by atoms with Gasteiger partial charge in [0.15, 0.2) is 0 Å². The minimum Gasteiger partial charge on any atom is -0.508 e. The molecule has 192 valence electrons. The third kappa shape index (κ3) is 7.91. The number of hydrogen-bond acceptors (Lipinski definition) is 5. The number of nitrogens with one attached hydrogen (secondary N) is 2. The quantitative estimate of drug-likeness (QED) is 0.397. The van der Waals surface area contributed by atoms with Gasteiger partial charge in [-0.15, -0.1) is 0 Å². The Morgan fingerprint density at radius 1 is 1.17 bits per heavy atom. The molecule has 0 spiro atoms. The molecule has 0 radical (unpaired) electrons. The summed E-state index contributed by atoms with van der Waals surface area (Å²) in [6.07, 6.45) is 9.98. The number of alkyl carbamates (subject to hydrolysis) is 1. The minimum atomic E-state index is -1.13. The SMILES string of the molecule is C#CN(C(=O)C(NC(=O)OC(C)(C)C)C(C)C)C(C(=O)NC1CCCCC1)c1ccc(O)c(C)c1. The molecule has 1 fully saturated rings. The van der Waals surface area contributed by atoms with Crippen molar-refractivity contribution in [3.05, 3.63) is 29.3 Å². The Bertz CT molecular complexity index is 955. The molecule has 0 aromatic heterocycles. The molecule has 3 amide bonds. The van der Waals surface area contributed by atoms with Crippen molar-refractivity contribution in [2.45, 2.75) is 97.4 Å². The van der Waals surface area contributed by atoms with E-state index < -0.39 is 35.6 Å². The number of rotatable bonds is 7. The predicted molar refractivity (Wildman–Crippen MR) is 134 cm³/mol. The first-order valence-corrected chi connectivity index (χ1v) is 12.2. The van der Waals surface area contributed by atoms with Crippen molar-refractivity contribution in [2.75, 3.05) is 0 Å². The lowest BCUT2D eigenvalue weighted by Gasteiger charge is -2.33. The number of aryl methyl sites for hydroxylation is 1. The molecule has 1 aromatic carbocycles. The molecule has 1 aromatic rings. The van der Waals surface area contributed by atoms with Gasteiger partial charge in [0.25, 0.3) is 5.91 Å². The molecule has 35 heavy (non-hydrogen) atoms. The molecule has 1 aliphatic carbocycles. The predicted octanol–water partition coefficient (Wildman–Crippen LogP) is 4.16. The van der Waals surface area contributed by atoms with Gasteiger partial charge in [0.2, 0.25) is 5.91 Å². The molecule has 0 heterocycles. The maximum atomic E-state index is 13.7. The molecule has 1 aliphatic rings. The molecule has 0 aliphatic heterocycles. The summed E-state index contributed by atoms with van der Waals surface area (Å²) in [6.45, 7) is 10.4. The highest BCUT2D eigenvalue weighted by molar-refractivity contribution is 5.93. The van der Waals surface area contributed by atoms with E-state index in [4.69, 9.17) is 11.2 Å². The molecule has 1 saturated carbocycles. The molecule has 2 unspecified atom stereocenters. The summed E-state index contributed by atoms with van der Waals surface area (Å²) in [5, 5.41) is 15.7. The van der Waals surface area contributed by atoms with Crippen LogP contribution in [-0.2, 0) is 14.3 Å². The number of ether oxygens (including phenoxy) is 1. The van der Waals surface area contributed by atoms with E-state index in [0.29, 0.717) is 11.1 Å². The van der Waals surface area contributed by atoms with Crippen molar-refractivity contribution in [1.82, 2.24) is 15.5 Å². The maximum absolute atomic E-state index is 13.7. The van der Waals surface area contributed by atoms with Crippen LogP contribution in [0.2, 0.25) is 0 Å². The number of aromatic hydroxyl groups is 1. The first kappa shape index (κ1) is 28.0. The second-order valence-electron chi connectivity index (χ2n) is 10.5. The third-order valence-electron chi connectivity index (χ3n) is 5.98. The zero-order valence-corrected chi connectivity index (χ0v) is 21.7. The van der Waals surface area contributed by atoms with Crippen molar-refractivity contribution >= 4 is 17.9 Å². The van der Waals surface area contributed by atoms with Crippen LogP contribution in [0.25, 0.3) is 0 Å². The molecular weight excluding hydrogens is 446 g/mol. The summed E-state index contributed by atoms with van der Waals surface area (Å²) in [6, 6.07) is 4.94. The molecule has 8 heteroatoms. The first-order chi connectivity index (χ1) is 16.3. The largest absolute Gasteiger partial charge is 0.508 e. The smallest absolute Gasteiger partial charge is 0.408 e. The minimum absolute atomic E-state index is 0.00692. The second kappa shape index (κ2) is 12.0. The van der Waals surface area contributed by atoms with E-state index in [2.05, 4.69) is 16.7 Å². The Kier molecular flexibility index (Phi) is 9.58. The van der Waals surface area contributed by atoms with Crippen LogP contribution >= 0.6 is 0 Å². The molecule has 2 atom stereocenters. The Balaban J connectivity index is 2.40. The van der Waals surface area contributed by atoms with E-state index in [1.165, 1.54) is 6.07 Å². The third-order valence-corrected chi connectivity index (χ3v) is 5.98. The Labute approximate surface area is 208 Å². The van der Waals surface area contributed by atoms with E-state index in [1.807, 2.05) is 0 Å². The Morgan fingerprint density at radius 3 is 2.31 bits per heavy atom. The Morgan fingerprint density at radius 2 is 1.80 bits per heavy atom. The molecule has 8 nitrogen and oxygen atoms in total. The van der Waals surface area contributed by atoms with Crippen LogP contribution < -0.4 is 10.6 Å². The summed E-state index contributed by atoms with van der Waals surface area (Å²) in [7, 11) is 0. The maximum Gasteiger partial charge on any atom is 0.408 e. The van der Waals surface area contributed by atoms with Crippen LogP contribution in [0.4, 0.5) is 4.79 Å². The van der Waals surface area contributed by atoms with E-state index in [-0.39, 0.29) is 17.7 Å². The lowest BCUT2D eigenvalue weighted by Crippen LogP contribution is -2.54. The lowest BCUT2D eigenvalue weighted by molar-refractivity contribution is -0.139. The number of amides is 3. The van der Waals surface area contributed by atoms with Gasteiger partial charge in [-0.3, -0.25) is 14.5 Å². The van der Waals surface area contributed by atoms with Crippen LogP contribution in [0, 0.1) is 25.3 Å². The highest BCUT2D eigenvalue weighted by Crippen LogP contribution is 2.28. The van der Waals surface area contributed by atoms with Gasteiger partial charge in [0.1, 0.15) is 23.4 Å². The van der Waals surface area contributed by atoms with Gasteiger partial charge in [0.05, 0.1) is 0 Å². The molecule has 0 saturated heterocycles. The first-order valence-electron chi connectivity index (χ1n) is 12.2. The summed E-state index contributed by atoms with van der Waals surface area (Å²) in [4.78, 5) is 40.7. The number of carbonyl (C=O) groups excluding carboxylic acids is 3. The number of nitrogens with zero attached hydrogens (tertiary/aromatic N) is 1. The molecular formula is C27H39N3O5. The number of hydrogen-bond donors (Lipinski definition) is 3. The van der Waals surface area contributed by atoms with Crippen LogP contribution in [0.1, 0.15) is 83.9 Å². The highest BCUT2D eigenvalue weighted by Gasteiger charge is 2.38. The number of terminal acetylenes is 1. The van der Waals surface area contributed by atoms with Crippen LogP contribution in [0.15, 0.2) is 18.2 Å². The van der Waals surface area contributed by atoms with Gasteiger partial charge in [-0.2, -0.15) is 0 Å². The normalized spacial score (nSPS) is 16.1. The van der Waals surface area contributed by atoms with Crippen molar-refractivity contribution < 1.29 is 24.2 Å². The monoisotopic (exact) mass is 485 g/mol. The van der Waals surface area contributed by atoms with Crippen LogP contribution in [0.3, 0.4) is 0 Å². The van der Waals surface area contributed by atoms with E-state index in [9.17, 15) is 19.5 Å². The van der Waals surface area contributed by atoms with E-state index >= 15 is 0 Å². The summed E-state index contributed by atoms with van der Waals surface area (Å²) in [5.41, 5.74) is 0.279. The molecule has 2 rings (SSSR count). The van der Waals surface area contributed by atoms with Crippen molar-refractivity contribution in [1.29, 1.82) is 0 Å². The van der Waals surface area contributed by atoms with Gasteiger partial charge in [-0.25, -0.2) is 4.79 Å². The van der Waals surface area contributed by atoms with Gasteiger partial charge in [0, 0.05) is 12.1 Å². The fourth-order valence-electron chi connectivity index (χ4n) is 4.16. The fourth-order valence-corrected chi connectivity index (χ4v) is 4.16. The summed E-state index contributed by atoms with van der Waals surface area (Å²) < 4.78 is 5.32. The number of carbonyl (C=O) groups is 3. The topological polar surface area (TPSA) is 108 Å². The zero-order chi connectivity index (χ0) is 26.3. The van der Waals surface area contributed by atoms with Gasteiger partial charge in [-0.05, 0) is 69.7 Å². The highest BCUT2D eigenvalue weighted by atomic mass is 16.6. The van der Waals surface area contributed by atoms with Gasteiger partial charge < -0.3 is 20.5 Å². The fraction of sp³-hybridized carbons (Fsp3) is 0.593. The zero-order valence-electron chi connectivity index (χ0n) is 21.7. The Hall–Kier alpha value is -3.21. The van der Waals surface area contributed by atoms with Crippen molar-refractivity contribution in [3.63, 3.8) is 0 Å². The average Bonchev–Trinajstić information content (AvgIpc) is 2.76. The van der Waals surface area contributed by atoms with Crippen molar-refractivity contribution in [3.8, 4) is 18.2 Å². The number of phenolic OH excluding ortho intramolecular Hbond substituents is 1. The molecule has 0 bridgehead atoms. The standard InChI is InChI=1S/C27H39N3O5/c1-8-30(25(33)22(17(2)3)29-26(34)35-27(5,6)7)23(19-14-15-21(31)18(4)16-19)24(32)28-20-12-10-9-11-13-20/h1,14-17,20,22-23,31H,9-13H2,2-7H3,(H,28,32)(H,29,34). The van der Waals surface area contributed by atoms with Crippen molar-refractivity contribution in [2.24, 2.45) is 5.92 Å². The van der Waals surface area contributed by atoms with Crippen LogP contribution in [0.5, 0.6) is 5.75 Å². The second-order valence-corrected chi connectivity index (χ2v) is 10.5. The lowest BCUT2D eigenvalue weighted by atomic mass is 9.94.